The Morgan fingerprint density at radius 2 is 1.93 bits per heavy atom. The number of rotatable bonds is 5. The Morgan fingerprint density at radius 3 is 2.64 bits per heavy atom. The molecule has 2 aromatic carbocycles. The van der Waals surface area contributed by atoms with Crippen LogP contribution in [0.25, 0.3) is 22.2 Å². The summed E-state index contributed by atoms with van der Waals surface area (Å²) < 4.78 is 7.63. The molecule has 4 rings (SSSR count). The maximum atomic E-state index is 10.1. The number of benzene rings is 2. The topological polar surface area (TPSA) is 34.4 Å². The normalized spacial score (nSPS) is 14.9. The fraction of sp³-hybridized carbons (Fsp3) is 0.360. The smallest absolute Gasteiger partial charge is 0.119 e. The van der Waals surface area contributed by atoms with E-state index in [4.69, 9.17) is 11.2 Å². The van der Waals surface area contributed by atoms with Gasteiger partial charge in [0.25, 0.3) is 0 Å². The lowest BCUT2D eigenvalue weighted by Gasteiger charge is -2.24. The summed E-state index contributed by atoms with van der Waals surface area (Å²) in [6.07, 6.45) is 12.0. The van der Waals surface area contributed by atoms with E-state index in [2.05, 4.69) is 40.8 Å². The quantitative estimate of drug-likeness (QED) is 0.600. The van der Waals surface area contributed by atoms with Crippen molar-refractivity contribution in [2.75, 3.05) is 7.11 Å². The second-order valence-electron chi connectivity index (χ2n) is 7.59. The Balaban J connectivity index is 2.03. The SMILES string of the molecule is C#CCn1c(-c2ccc(OC)cc2CO)c(C2CCCCC2)c2ccccc21. The van der Waals surface area contributed by atoms with Crippen molar-refractivity contribution in [2.45, 2.75) is 51.2 Å². The van der Waals surface area contributed by atoms with Crippen molar-refractivity contribution in [1.82, 2.24) is 4.57 Å². The van der Waals surface area contributed by atoms with E-state index in [1.807, 2.05) is 12.1 Å². The molecule has 1 aliphatic carbocycles. The molecule has 3 heteroatoms. The number of aliphatic hydroxyl groups excluding tert-OH is 1. The number of fused-ring (bicyclic) bond motifs is 1. The van der Waals surface area contributed by atoms with Gasteiger partial charge in [0.2, 0.25) is 0 Å². The van der Waals surface area contributed by atoms with E-state index >= 15 is 0 Å². The van der Waals surface area contributed by atoms with E-state index < -0.39 is 0 Å². The van der Waals surface area contributed by atoms with Crippen LogP contribution < -0.4 is 4.74 Å². The Hall–Kier alpha value is -2.70. The molecule has 0 spiro atoms. The Morgan fingerprint density at radius 1 is 1.14 bits per heavy atom. The first kappa shape index (κ1) is 18.7. The first-order valence-corrected chi connectivity index (χ1v) is 10.1. The molecular weight excluding hydrogens is 346 g/mol. The highest BCUT2D eigenvalue weighted by Crippen LogP contribution is 2.45. The summed E-state index contributed by atoms with van der Waals surface area (Å²) in [6.45, 7) is 0.480. The van der Waals surface area contributed by atoms with Gasteiger partial charge in [0.15, 0.2) is 0 Å². The monoisotopic (exact) mass is 373 g/mol. The zero-order valence-electron chi connectivity index (χ0n) is 16.4. The van der Waals surface area contributed by atoms with Crippen molar-refractivity contribution in [3.05, 3.63) is 53.6 Å². The molecule has 1 N–H and O–H groups in total. The summed E-state index contributed by atoms with van der Waals surface area (Å²) in [5, 5.41) is 11.4. The van der Waals surface area contributed by atoms with Gasteiger partial charge in [0.05, 0.1) is 26.0 Å². The zero-order chi connectivity index (χ0) is 19.5. The lowest BCUT2D eigenvalue weighted by Crippen LogP contribution is -2.08. The van der Waals surface area contributed by atoms with Crippen LogP contribution in [-0.4, -0.2) is 16.8 Å². The third-order valence-corrected chi connectivity index (χ3v) is 6.01. The second-order valence-corrected chi connectivity index (χ2v) is 7.59. The number of ether oxygens (including phenoxy) is 1. The summed E-state index contributed by atoms with van der Waals surface area (Å²) in [5.74, 6) is 4.12. The van der Waals surface area contributed by atoms with Gasteiger partial charge < -0.3 is 14.4 Å². The van der Waals surface area contributed by atoms with Gasteiger partial charge in [-0.25, -0.2) is 0 Å². The van der Waals surface area contributed by atoms with E-state index in [0.717, 1.165) is 22.6 Å². The van der Waals surface area contributed by atoms with Gasteiger partial charge in [0, 0.05) is 16.5 Å². The summed E-state index contributed by atoms with van der Waals surface area (Å²) in [5.41, 5.74) is 5.66. The Kier molecular flexibility index (Phi) is 5.41. The molecule has 0 aliphatic heterocycles. The number of hydrogen-bond donors (Lipinski definition) is 1. The zero-order valence-corrected chi connectivity index (χ0v) is 16.4. The molecule has 0 radical (unpaired) electrons. The first-order chi connectivity index (χ1) is 13.8. The van der Waals surface area contributed by atoms with Crippen molar-refractivity contribution in [1.29, 1.82) is 0 Å². The highest BCUT2D eigenvalue weighted by molar-refractivity contribution is 5.93. The summed E-state index contributed by atoms with van der Waals surface area (Å²) in [7, 11) is 1.65. The average molecular weight is 373 g/mol. The number of methoxy groups -OCH3 is 1. The average Bonchev–Trinajstić information content (AvgIpc) is 3.08. The van der Waals surface area contributed by atoms with Crippen molar-refractivity contribution in [2.24, 2.45) is 0 Å². The van der Waals surface area contributed by atoms with Crippen LogP contribution in [-0.2, 0) is 13.2 Å². The predicted octanol–water partition coefficient (Wildman–Crippen LogP) is 5.49. The van der Waals surface area contributed by atoms with Gasteiger partial charge in [-0.15, -0.1) is 6.42 Å². The van der Waals surface area contributed by atoms with E-state index in [0.29, 0.717) is 12.5 Å². The highest BCUT2D eigenvalue weighted by atomic mass is 16.5. The van der Waals surface area contributed by atoms with Crippen LogP contribution in [0.4, 0.5) is 0 Å². The highest BCUT2D eigenvalue weighted by Gasteiger charge is 2.27. The Bertz CT molecular complexity index is 1020. The molecule has 0 atom stereocenters. The second kappa shape index (κ2) is 8.12. The van der Waals surface area contributed by atoms with E-state index in [1.165, 1.54) is 48.6 Å². The molecule has 1 aliphatic rings. The lowest BCUT2D eigenvalue weighted by atomic mass is 9.81. The van der Waals surface area contributed by atoms with Crippen LogP contribution in [0, 0.1) is 12.3 Å². The minimum Gasteiger partial charge on any atom is -0.497 e. The molecule has 3 aromatic rings. The van der Waals surface area contributed by atoms with Gasteiger partial charge in [-0.05, 0) is 54.2 Å². The van der Waals surface area contributed by atoms with Crippen LogP contribution in [0.1, 0.15) is 49.1 Å². The molecule has 0 amide bonds. The third kappa shape index (κ3) is 3.19. The van der Waals surface area contributed by atoms with Crippen LogP contribution in [0.5, 0.6) is 5.75 Å². The maximum absolute atomic E-state index is 10.1. The van der Waals surface area contributed by atoms with E-state index in [-0.39, 0.29) is 6.61 Å². The molecule has 0 unspecified atom stereocenters. The summed E-state index contributed by atoms with van der Waals surface area (Å²) >= 11 is 0. The number of terminal acetylenes is 1. The van der Waals surface area contributed by atoms with Crippen LogP contribution in [0.15, 0.2) is 42.5 Å². The van der Waals surface area contributed by atoms with Gasteiger partial charge in [-0.1, -0.05) is 43.4 Å². The van der Waals surface area contributed by atoms with Gasteiger partial charge in [-0.3, -0.25) is 0 Å². The first-order valence-electron chi connectivity index (χ1n) is 10.1. The molecule has 1 heterocycles. The number of para-hydroxylation sites is 1. The largest absolute Gasteiger partial charge is 0.497 e. The number of hydrogen-bond acceptors (Lipinski definition) is 2. The molecule has 3 nitrogen and oxygen atoms in total. The molecule has 0 saturated heterocycles. The molecule has 0 bridgehead atoms. The molecule has 144 valence electrons. The number of nitrogens with zero attached hydrogens (tertiary/aromatic N) is 1. The molecule has 1 fully saturated rings. The van der Waals surface area contributed by atoms with Crippen molar-refractivity contribution in [3.63, 3.8) is 0 Å². The fourth-order valence-corrected chi connectivity index (χ4v) is 4.74. The number of aromatic nitrogens is 1. The minimum atomic E-state index is -0.0335. The van der Waals surface area contributed by atoms with Gasteiger partial charge in [-0.2, -0.15) is 0 Å². The van der Waals surface area contributed by atoms with Crippen LogP contribution in [0.2, 0.25) is 0 Å². The fourth-order valence-electron chi connectivity index (χ4n) is 4.74. The minimum absolute atomic E-state index is 0.0335. The Labute approximate surface area is 167 Å². The van der Waals surface area contributed by atoms with Gasteiger partial charge in [0.1, 0.15) is 5.75 Å². The molecule has 1 aromatic heterocycles. The van der Waals surface area contributed by atoms with Gasteiger partial charge >= 0.3 is 0 Å². The predicted molar refractivity (Wildman–Crippen MR) is 115 cm³/mol. The molecule has 28 heavy (non-hydrogen) atoms. The van der Waals surface area contributed by atoms with Crippen LogP contribution in [0.3, 0.4) is 0 Å². The third-order valence-electron chi connectivity index (χ3n) is 6.01. The van der Waals surface area contributed by atoms with Crippen LogP contribution >= 0.6 is 0 Å². The number of aliphatic hydroxyl groups is 1. The van der Waals surface area contributed by atoms with E-state index in [1.54, 1.807) is 7.11 Å². The standard InChI is InChI=1S/C25H27NO2/c1-3-15-26-23-12-8-7-11-22(23)24(18-9-5-4-6-10-18)25(26)21-14-13-20(28-2)16-19(21)17-27/h1,7-8,11-14,16,18,27H,4-6,9-10,15,17H2,2H3. The lowest BCUT2D eigenvalue weighted by molar-refractivity contribution is 0.281. The van der Waals surface area contributed by atoms with Crippen molar-refractivity contribution < 1.29 is 9.84 Å². The van der Waals surface area contributed by atoms with Crippen molar-refractivity contribution >= 4 is 10.9 Å². The van der Waals surface area contributed by atoms with Crippen molar-refractivity contribution in [3.8, 4) is 29.4 Å². The summed E-state index contributed by atoms with van der Waals surface area (Å²) in [6, 6.07) is 14.5. The molecule has 1 saturated carbocycles. The maximum Gasteiger partial charge on any atom is 0.119 e. The molecular formula is C25H27NO2. The summed E-state index contributed by atoms with van der Waals surface area (Å²) in [4.78, 5) is 0. The van der Waals surface area contributed by atoms with E-state index in [9.17, 15) is 5.11 Å².